The molecule has 0 N–H and O–H groups in total. The quantitative estimate of drug-likeness (QED) is 0.640. The highest BCUT2D eigenvalue weighted by atomic mass is 32.1. The Morgan fingerprint density at radius 2 is 2.00 bits per heavy atom. The Morgan fingerprint density at radius 1 is 1.30 bits per heavy atom. The molecular formula is C18H25FNOSSi. The first-order valence-corrected chi connectivity index (χ1v) is 11.2. The van der Waals surface area contributed by atoms with Crippen molar-refractivity contribution < 1.29 is 8.82 Å². The second-order valence-electron chi connectivity index (χ2n) is 6.96. The highest BCUT2D eigenvalue weighted by Crippen LogP contribution is 2.42. The molecule has 0 spiro atoms. The van der Waals surface area contributed by atoms with Gasteiger partial charge in [0, 0.05) is 28.6 Å². The van der Waals surface area contributed by atoms with Crippen molar-refractivity contribution in [2.75, 3.05) is 0 Å². The summed E-state index contributed by atoms with van der Waals surface area (Å²) in [5.41, 5.74) is 1.69. The van der Waals surface area contributed by atoms with Gasteiger partial charge in [0.25, 0.3) is 9.04 Å². The van der Waals surface area contributed by atoms with Gasteiger partial charge in [-0.1, -0.05) is 27.7 Å². The molecule has 0 amide bonds. The molecule has 1 unspecified atom stereocenters. The van der Waals surface area contributed by atoms with E-state index in [1.807, 2.05) is 11.6 Å². The lowest BCUT2D eigenvalue weighted by atomic mass is 9.83. The zero-order valence-electron chi connectivity index (χ0n) is 14.7. The number of thiazole rings is 1. The van der Waals surface area contributed by atoms with Crippen LogP contribution in [0.5, 0.6) is 5.75 Å². The Labute approximate surface area is 144 Å². The molecule has 2 nitrogen and oxygen atoms in total. The summed E-state index contributed by atoms with van der Waals surface area (Å²) in [6.07, 6.45) is 2.68. The first-order valence-electron chi connectivity index (χ1n) is 7.95. The Balaban J connectivity index is 2.67. The van der Waals surface area contributed by atoms with Crippen LogP contribution in [-0.4, -0.2) is 14.0 Å². The summed E-state index contributed by atoms with van der Waals surface area (Å²) >= 11 is 1.62. The Bertz CT molecular complexity index is 650. The first kappa shape index (κ1) is 18.1. The zero-order chi connectivity index (χ0) is 17.2. The Morgan fingerprint density at radius 3 is 2.48 bits per heavy atom. The first-order chi connectivity index (χ1) is 10.7. The van der Waals surface area contributed by atoms with Crippen molar-refractivity contribution in [3.8, 4) is 5.75 Å². The van der Waals surface area contributed by atoms with E-state index in [2.05, 4.69) is 45.8 Å². The van der Waals surface area contributed by atoms with Crippen LogP contribution in [0.1, 0.15) is 56.2 Å². The molecule has 2 aromatic rings. The van der Waals surface area contributed by atoms with Crippen molar-refractivity contribution in [3.05, 3.63) is 45.7 Å². The van der Waals surface area contributed by atoms with E-state index in [4.69, 9.17) is 4.43 Å². The third kappa shape index (κ3) is 4.21. The van der Waals surface area contributed by atoms with Gasteiger partial charge in [-0.2, -0.15) is 0 Å². The summed E-state index contributed by atoms with van der Waals surface area (Å²) < 4.78 is 20.6. The lowest BCUT2D eigenvalue weighted by molar-refractivity contribution is 0.499. The van der Waals surface area contributed by atoms with Crippen LogP contribution in [0.3, 0.4) is 0 Å². The molecule has 0 fully saturated rings. The third-order valence-electron chi connectivity index (χ3n) is 3.73. The smallest absolute Gasteiger partial charge is 0.274 e. The summed E-state index contributed by atoms with van der Waals surface area (Å²) in [7, 11) is -0.952. The largest absolute Gasteiger partial charge is 0.542 e. The fraction of sp³-hybridized carbons (Fsp3) is 0.500. The molecule has 1 aromatic carbocycles. The number of hydrogen-bond acceptors (Lipinski definition) is 3. The normalized spacial score (nSPS) is 13.4. The molecule has 0 aliphatic rings. The molecule has 23 heavy (non-hydrogen) atoms. The molecule has 1 aromatic heterocycles. The summed E-state index contributed by atoms with van der Waals surface area (Å²) in [5, 5.41) is 2.99. The predicted molar refractivity (Wildman–Crippen MR) is 97.5 cm³/mol. The minimum Gasteiger partial charge on any atom is -0.542 e. The van der Waals surface area contributed by atoms with Crippen LogP contribution < -0.4 is 4.43 Å². The molecule has 2 rings (SSSR count). The van der Waals surface area contributed by atoms with E-state index in [1.165, 1.54) is 0 Å². The molecular weight excluding hydrogens is 325 g/mol. The number of hydrogen-bond donors (Lipinski definition) is 0. The van der Waals surface area contributed by atoms with E-state index in [-0.39, 0.29) is 17.2 Å². The van der Waals surface area contributed by atoms with E-state index >= 15 is 0 Å². The fourth-order valence-corrected chi connectivity index (χ4v) is 4.16. The predicted octanol–water partition coefficient (Wildman–Crippen LogP) is 5.75. The minimum absolute atomic E-state index is 0.0724. The van der Waals surface area contributed by atoms with Crippen LogP contribution >= 0.6 is 11.3 Å². The van der Waals surface area contributed by atoms with Crippen LogP contribution in [0.15, 0.2) is 23.7 Å². The van der Waals surface area contributed by atoms with Crippen LogP contribution in [0.25, 0.3) is 0 Å². The van der Waals surface area contributed by atoms with Crippen LogP contribution in [0.2, 0.25) is 13.1 Å². The maximum absolute atomic E-state index is 14.3. The van der Waals surface area contributed by atoms with E-state index in [9.17, 15) is 4.39 Å². The van der Waals surface area contributed by atoms with E-state index < -0.39 is 9.04 Å². The highest BCUT2D eigenvalue weighted by molar-refractivity contribution is 7.09. The van der Waals surface area contributed by atoms with Crippen molar-refractivity contribution in [3.63, 3.8) is 0 Å². The standard InChI is InChI=1S/C18H25FNOSSi/c1-7-13(17-20-8-9-22-17)14-10-12(19)11-15(18(2,3)4)16(14)21-23(5)6/h8-11,13H,7H2,1-6H3. The molecule has 0 aliphatic carbocycles. The number of aromatic nitrogens is 1. The summed E-state index contributed by atoms with van der Waals surface area (Å²) in [5.74, 6) is 0.733. The molecule has 1 radical (unpaired) electrons. The average molecular weight is 351 g/mol. The minimum atomic E-state index is -0.952. The second kappa shape index (κ2) is 7.14. The monoisotopic (exact) mass is 350 g/mol. The van der Waals surface area contributed by atoms with Crippen LogP contribution in [0.4, 0.5) is 4.39 Å². The van der Waals surface area contributed by atoms with Crippen LogP contribution in [0, 0.1) is 5.82 Å². The molecule has 125 valence electrons. The van der Waals surface area contributed by atoms with Crippen LogP contribution in [-0.2, 0) is 5.41 Å². The van der Waals surface area contributed by atoms with Gasteiger partial charge in [-0.05, 0) is 37.1 Å². The van der Waals surface area contributed by atoms with Crippen molar-refractivity contribution in [1.82, 2.24) is 4.98 Å². The number of benzene rings is 1. The summed E-state index contributed by atoms with van der Waals surface area (Å²) in [4.78, 5) is 4.45. The Hall–Kier alpha value is -1.20. The van der Waals surface area contributed by atoms with Gasteiger partial charge in [-0.25, -0.2) is 9.37 Å². The average Bonchev–Trinajstić information content (AvgIpc) is 2.94. The van der Waals surface area contributed by atoms with E-state index in [0.717, 1.165) is 28.3 Å². The highest BCUT2D eigenvalue weighted by Gasteiger charge is 2.28. The molecule has 5 heteroatoms. The molecule has 0 bridgehead atoms. The van der Waals surface area contributed by atoms with Gasteiger partial charge in [-0.15, -0.1) is 11.3 Å². The lowest BCUT2D eigenvalue weighted by Gasteiger charge is -2.28. The van der Waals surface area contributed by atoms with Crippen molar-refractivity contribution in [2.45, 2.75) is 58.5 Å². The number of rotatable bonds is 5. The molecule has 0 saturated carbocycles. The van der Waals surface area contributed by atoms with Gasteiger partial charge < -0.3 is 4.43 Å². The van der Waals surface area contributed by atoms with Crippen molar-refractivity contribution >= 4 is 20.4 Å². The van der Waals surface area contributed by atoms with Gasteiger partial charge >= 0.3 is 0 Å². The van der Waals surface area contributed by atoms with Gasteiger partial charge in [0.05, 0.1) is 0 Å². The molecule has 0 saturated heterocycles. The second-order valence-corrected chi connectivity index (χ2v) is 9.91. The van der Waals surface area contributed by atoms with Gasteiger partial charge in [0.2, 0.25) is 0 Å². The maximum Gasteiger partial charge on any atom is 0.274 e. The van der Waals surface area contributed by atoms with Crippen molar-refractivity contribution in [1.29, 1.82) is 0 Å². The summed E-state index contributed by atoms with van der Waals surface area (Å²) in [6.45, 7) is 12.6. The Kier molecular flexibility index (Phi) is 5.63. The fourth-order valence-electron chi connectivity index (χ4n) is 2.68. The third-order valence-corrected chi connectivity index (χ3v) is 5.23. The van der Waals surface area contributed by atoms with E-state index in [1.54, 1.807) is 23.5 Å². The van der Waals surface area contributed by atoms with Gasteiger partial charge in [0.15, 0.2) is 0 Å². The molecule has 1 heterocycles. The number of nitrogens with zero attached hydrogens (tertiary/aromatic N) is 1. The van der Waals surface area contributed by atoms with E-state index in [0.29, 0.717) is 0 Å². The van der Waals surface area contributed by atoms with Crippen molar-refractivity contribution in [2.24, 2.45) is 0 Å². The zero-order valence-corrected chi connectivity index (χ0v) is 16.6. The van der Waals surface area contributed by atoms with Gasteiger partial charge in [0.1, 0.15) is 16.6 Å². The maximum atomic E-state index is 14.3. The molecule has 1 atom stereocenters. The number of halogens is 1. The molecule has 0 aliphatic heterocycles. The summed E-state index contributed by atoms with van der Waals surface area (Å²) in [6, 6.07) is 3.25. The lowest BCUT2D eigenvalue weighted by Crippen LogP contribution is -2.21. The SMILES string of the molecule is CCC(c1nccs1)c1cc(F)cc(C(C)(C)C)c1O[Si](C)C. The topological polar surface area (TPSA) is 22.1 Å². The van der Waals surface area contributed by atoms with Gasteiger partial charge in [-0.3, -0.25) is 0 Å².